The summed E-state index contributed by atoms with van der Waals surface area (Å²) in [4.78, 5) is 17.9. The molecule has 0 aromatic rings. The quantitative estimate of drug-likeness (QED) is 0.789. The molecule has 0 spiro atoms. The predicted octanol–water partition coefficient (Wildman–Crippen LogP) is 2.02. The lowest BCUT2D eigenvalue weighted by molar-refractivity contribution is -0.144. The Morgan fingerprint density at radius 3 is 2.24 bits per heavy atom. The minimum absolute atomic E-state index is 0.0699. The minimum Gasteiger partial charge on any atom is -0.392 e. The summed E-state index contributed by atoms with van der Waals surface area (Å²) < 4.78 is 0. The van der Waals surface area contributed by atoms with Crippen LogP contribution in [0.5, 0.6) is 0 Å². The molecule has 0 unspecified atom stereocenters. The van der Waals surface area contributed by atoms with E-state index in [4.69, 9.17) is 18.0 Å². The van der Waals surface area contributed by atoms with Crippen LogP contribution in [-0.4, -0.2) is 53.4 Å². The van der Waals surface area contributed by atoms with Gasteiger partial charge in [-0.2, -0.15) is 0 Å². The SMILES string of the molecule is CC(C)CC1(C(=O)N2CCN(CC(N)=S)CC2)CCCC1. The Hall–Kier alpha value is -0.680. The maximum absolute atomic E-state index is 13.0. The molecule has 1 amide bonds. The molecule has 1 saturated carbocycles. The Bertz CT molecular complexity index is 383. The van der Waals surface area contributed by atoms with Crippen LogP contribution >= 0.6 is 12.2 Å². The third-order valence-electron chi connectivity index (χ3n) is 4.85. The van der Waals surface area contributed by atoms with Gasteiger partial charge in [0.2, 0.25) is 5.91 Å². The van der Waals surface area contributed by atoms with Gasteiger partial charge in [-0.3, -0.25) is 9.69 Å². The highest BCUT2D eigenvalue weighted by molar-refractivity contribution is 7.80. The van der Waals surface area contributed by atoms with E-state index in [2.05, 4.69) is 23.6 Å². The second-order valence-electron chi connectivity index (χ2n) is 7.12. The average molecular weight is 311 g/mol. The summed E-state index contributed by atoms with van der Waals surface area (Å²) >= 11 is 4.97. The van der Waals surface area contributed by atoms with Crippen molar-refractivity contribution in [3.63, 3.8) is 0 Å². The second kappa shape index (κ2) is 7.05. The smallest absolute Gasteiger partial charge is 0.228 e. The van der Waals surface area contributed by atoms with Crippen molar-refractivity contribution in [3.8, 4) is 0 Å². The van der Waals surface area contributed by atoms with Crippen LogP contribution in [0, 0.1) is 11.3 Å². The Kier molecular flexibility index (Phi) is 5.60. The molecule has 5 heteroatoms. The number of hydrogen-bond acceptors (Lipinski definition) is 3. The third kappa shape index (κ3) is 4.16. The number of amides is 1. The highest BCUT2D eigenvalue weighted by atomic mass is 32.1. The Balaban J connectivity index is 1.95. The number of nitrogens with two attached hydrogens (primary N) is 1. The zero-order valence-electron chi connectivity index (χ0n) is 13.4. The average Bonchev–Trinajstić information content (AvgIpc) is 2.87. The fraction of sp³-hybridized carbons (Fsp3) is 0.875. The molecule has 1 heterocycles. The summed E-state index contributed by atoms with van der Waals surface area (Å²) in [7, 11) is 0. The van der Waals surface area contributed by atoms with Crippen molar-refractivity contribution in [3.05, 3.63) is 0 Å². The molecule has 1 aliphatic carbocycles. The summed E-state index contributed by atoms with van der Waals surface area (Å²) in [5.74, 6) is 0.992. The first-order valence-electron chi connectivity index (χ1n) is 8.23. The molecule has 1 aliphatic heterocycles. The van der Waals surface area contributed by atoms with Gasteiger partial charge in [0.25, 0.3) is 0 Å². The van der Waals surface area contributed by atoms with E-state index in [1.54, 1.807) is 0 Å². The maximum Gasteiger partial charge on any atom is 0.228 e. The van der Waals surface area contributed by atoms with E-state index in [1.165, 1.54) is 12.8 Å². The van der Waals surface area contributed by atoms with Gasteiger partial charge in [-0.15, -0.1) is 0 Å². The molecule has 2 aliphatic rings. The van der Waals surface area contributed by atoms with Gasteiger partial charge in [0.1, 0.15) is 0 Å². The summed E-state index contributed by atoms with van der Waals surface area (Å²) in [5, 5.41) is 0. The van der Waals surface area contributed by atoms with Crippen molar-refractivity contribution >= 4 is 23.1 Å². The molecular weight excluding hydrogens is 282 g/mol. The van der Waals surface area contributed by atoms with Crippen LogP contribution in [0.1, 0.15) is 46.0 Å². The highest BCUT2D eigenvalue weighted by Crippen LogP contribution is 2.44. The first-order chi connectivity index (χ1) is 9.93. The van der Waals surface area contributed by atoms with E-state index >= 15 is 0 Å². The van der Waals surface area contributed by atoms with Gasteiger partial charge < -0.3 is 10.6 Å². The van der Waals surface area contributed by atoms with Crippen molar-refractivity contribution in [2.75, 3.05) is 32.7 Å². The topological polar surface area (TPSA) is 49.6 Å². The zero-order chi connectivity index (χ0) is 15.5. The minimum atomic E-state index is -0.0699. The van der Waals surface area contributed by atoms with Crippen molar-refractivity contribution in [2.24, 2.45) is 17.1 Å². The molecule has 0 aromatic carbocycles. The van der Waals surface area contributed by atoms with Crippen LogP contribution in [0.3, 0.4) is 0 Å². The van der Waals surface area contributed by atoms with Gasteiger partial charge >= 0.3 is 0 Å². The van der Waals surface area contributed by atoms with Crippen molar-refractivity contribution in [1.29, 1.82) is 0 Å². The fourth-order valence-corrected chi connectivity index (χ4v) is 4.19. The van der Waals surface area contributed by atoms with Gasteiger partial charge in [-0.1, -0.05) is 38.9 Å². The molecule has 0 radical (unpaired) electrons. The number of piperazine rings is 1. The molecular formula is C16H29N3OS. The normalized spacial score (nSPS) is 22.7. The molecule has 120 valence electrons. The van der Waals surface area contributed by atoms with Crippen LogP contribution in [-0.2, 0) is 4.79 Å². The largest absolute Gasteiger partial charge is 0.392 e. The Morgan fingerprint density at radius 1 is 1.19 bits per heavy atom. The lowest BCUT2D eigenvalue weighted by Gasteiger charge is -2.40. The Labute approximate surface area is 134 Å². The molecule has 0 bridgehead atoms. The van der Waals surface area contributed by atoms with Crippen molar-refractivity contribution in [1.82, 2.24) is 9.80 Å². The van der Waals surface area contributed by atoms with E-state index in [9.17, 15) is 4.79 Å². The standard InChI is InChI=1S/C16H29N3OS/c1-13(2)11-16(5-3-4-6-16)15(20)19-9-7-18(8-10-19)12-14(17)21/h13H,3-12H2,1-2H3,(H2,17,21). The zero-order valence-corrected chi connectivity index (χ0v) is 14.3. The van der Waals surface area contributed by atoms with E-state index in [0.717, 1.165) is 45.4 Å². The number of carbonyl (C=O) groups excluding carboxylic acids is 1. The second-order valence-corrected chi connectivity index (χ2v) is 7.64. The summed E-state index contributed by atoms with van der Waals surface area (Å²) in [6.07, 6.45) is 5.62. The lowest BCUT2D eigenvalue weighted by Crippen LogP contribution is -2.54. The predicted molar refractivity (Wildman–Crippen MR) is 90.2 cm³/mol. The molecule has 21 heavy (non-hydrogen) atoms. The van der Waals surface area contributed by atoms with E-state index < -0.39 is 0 Å². The molecule has 2 fully saturated rings. The van der Waals surface area contributed by atoms with Gasteiger partial charge in [0.15, 0.2) is 0 Å². The van der Waals surface area contributed by atoms with Crippen LogP contribution < -0.4 is 5.73 Å². The number of nitrogens with zero attached hydrogens (tertiary/aromatic N) is 2. The molecule has 0 aromatic heterocycles. The highest BCUT2D eigenvalue weighted by Gasteiger charge is 2.44. The first kappa shape index (κ1) is 16.7. The summed E-state index contributed by atoms with van der Waals surface area (Å²) in [5.41, 5.74) is 5.53. The van der Waals surface area contributed by atoms with Gasteiger partial charge in [-0.05, 0) is 25.2 Å². The molecule has 2 N–H and O–H groups in total. The van der Waals surface area contributed by atoms with Crippen molar-refractivity contribution in [2.45, 2.75) is 46.0 Å². The van der Waals surface area contributed by atoms with Crippen molar-refractivity contribution < 1.29 is 4.79 Å². The number of thiocarbonyl (C=S) groups is 1. The Morgan fingerprint density at radius 2 is 1.76 bits per heavy atom. The summed E-state index contributed by atoms with van der Waals surface area (Å²) in [6.45, 7) is 8.56. The summed E-state index contributed by atoms with van der Waals surface area (Å²) in [6, 6.07) is 0. The molecule has 0 atom stereocenters. The van der Waals surface area contributed by atoms with Gasteiger partial charge in [0, 0.05) is 38.1 Å². The maximum atomic E-state index is 13.0. The third-order valence-corrected chi connectivity index (χ3v) is 4.98. The van der Waals surface area contributed by atoms with Gasteiger partial charge in [0.05, 0.1) is 4.99 Å². The van der Waals surface area contributed by atoms with Crippen LogP contribution in [0.25, 0.3) is 0 Å². The van der Waals surface area contributed by atoms with Crippen LogP contribution in [0.2, 0.25) is 0 Å². The monoisotopic (exact) mass is 311 g/mol. The van der Waals surface area contributed by atoms with Crippen LogP contribution in [0.15, 0.2) is 0 Å². The molecule has 4 nitrogen and oxygen atoms in total. The van der Waals surface area contributed by atoms with Crippen LogP contribution in [0.4, 0.5) is 0 Å². The first-order valence-corrected chi connectivity index (χ1v) is 8.64. The van der Waals surface area contributed by atoms with E-state index in [1.807, 2.05) is 0 Å². The number of rotatable bonds is 5. The van der Waals surface area contributed by atoms with E-state index in [-0.39, 0.29) is 5.41 Å². The molecule has 1 saturated heterocycles. The fourth-order valence-electron chi connectivity index (χ4n) is 4.00. The molecule has 2 rings (SSSR count). The van der Waals surface area contributed by atoms with E-state index in [0.29, 0.717) is 23.4 Å². The lowest BCUT2D eigenvalue weighted by atomic mass is 9.77. The van der Waals surface area contributed by atoms with Gasteiger partial charge in [-0.25, -0.2) is 0 Å². The number of carbonyl (C=O) groups is 1. The number of hydrogen-bond donors (Lipinski definition) is 1.